The van der Waals surface area contributed by atoms with Gasteiger partial charge in [-0.1, -0.05) is 29.3 Å². The van der Waals surface area contributed by atoms with Crippen LogP contribution in [0.3, 0.4) is 0 Å². The van der Waals surface area contributed by atoms with E-state index in [9.17, 15) is 9.59 Å². The summed E-state index contributed by atoms with van der Waals surface area (Å²) in [4.78, 5) is 30.5. The predicted molar refractivity (Wildman–Crippen MR) is 125 cm³/mol. The van der Waals surface area contributed by atoms with Crippen LogP contribution in [0.5, 0.6) is 0 Å². The molecule has 0 aliphatic carbocycles. The molecule has 1 saturated heterocycles. The number of halogens is 2. The Morgan fingerprint density at radius 2 is 1.94 bits per heavy atom. The number of hydrogen-bond donors (Lipinski definition) is 3. The first-order valence-corrected chi connectivity index (χ1v) is 10.8. The Balaban J connectivity index is 1.43. The molecule has 3 N–H and O–H groups in total. The molecule has 9 nitrogen and oxygen atoms in total. The van der Waals surface area contributed by atoms with Gasteiger partial charge in [0.25, 0.3) is 11.8 Å². The Bertz CT molecular complexity index is 946. The lowest BCUT2D eigenvalue weighted by Gasteiger charge is -2.26. The monoisotopic (exact) mass is 478 g/mol. The van der Waals surface area contributed by atoms with Gasteiger partial charge in [0, 0.05) is 55.4 Å². The summed E-state index contributed by atoms with van der Waals surface area (Å²) in [6.07, 6.45) is 4.22. The maximum Gasteiger partial charge on any atom is 0.259 e. The first-order valence-electron chi connectivity index (χ1n) is 10.1. The molecule has 170 valence electrons. The lowest BCUT2D eigenvalue weighted by atomic mass is 10.2. The Morgan fingerprint density at radius 3 is 2.69 bits per heavy atom. The number of amides is 2. The highest BCUT2D eigenvalue weighted by molar-refractivity contribution is 6.38. The summed E-state index contributed by atoms with van der Waals surface area (Å²) in [6, 6.07) is 6.94. The van der Waals surface area contributed by atoms with Crippen molar-refractivity contribution in [1.29, 1.82) is 0 Å². The van der Waals surface area contributed by atoms with E-state index in [-0.39, 0.29) is 18.4 Å². The van der Waals surface area contributed by atoms with Gasteiger partial charge in [-0.05, 0) is 18.2 Å². The van der Waals surface area contributed by atoms with Gasteiger partial charge in [-0.25, -0.2) is 5.43 Å². The second kappa shape index (κ2) is 12.4. The Labute approximate surface area is 196 Å². The number of pyridine rings is 1. The molecule has 2 heterocycles. The smallest absolute Gasteiger partial charge is 0.259 e. The van der Waals surface area contributed by atoms with Gasteiger partial charge in [0.2, 0.25) is 0 Å². The van der Waals surface area contributed by atoms with Gasteiger partial charge in [-0.3, -0.25) is 19.5 Å². The molecular weight excluding hydrogens is 455 g/mol. The fourth-order valence-electron chi connectivity index (χ4n) is 2.96. The summed E-state index contributed by atoms with van der Waals surface area (Å²) < 4.78 is 5.32. The normalized spacial score (nSPS) is 14.3. The molecule has 0 saturated carbocycles. The average molecular weight is 479 g/mol. The third-order valence-electron chi connectivity index (χ3n) is 4.67. The molecule has 0 bridgehead atoms. The highest BCUT2D eigenvalue weighted by atomic mass is 35.5. The van der Waals surface area contributed by atoms with E-state index in [1.165, 1.54) is 18.6 Å². The van der Waals surface area contributed by atoms with Crippen LogP contribution < -0.4 is 16.1 Å². The zero-order chi connectivity index (χ0) is 22.8. The summed E-state index contributed by atoms with van der Waals surface area (Å²) in [5, 5.41) is 10.4. The molecule has 1 aliphatic heterocycles. The van der Waals surface area contributed by atoms with Crippen molar-refractivity contribution in [3.8, 4) is 0 Å². The van der Waals surface area contributed by atoms with Crippen LogP contribution in [0.2, 0.25) is 10.0 Å². The highest BCUT2D eigenvalue weighted by Gasteiger charge is 2.11. The fraction of sp³-hybridized carbons (Fsp3) is 0.333. The van der Waals surface area contributed by atoms with Gasteiger partial charge >= 0.3 is 0 Å². The topological polar surface area (TPSA) is 108 Å². The third kappa shape index (κ3) is 7.45. The number of aromatic nitrogens is 1. The van der Waals surface area contributed by atoms with Crippen LogP contribution in [-0.4, -0.2) is 73.9 Å². The van der Waals surface area contributed by atoms with Gasteiger partial charge in [0.1, 0.15) is 0 Å². The van der Waals surface area contributed by atoms with Gasteiger partial charge in [-0.15, -0.1) is 0 Å². The lowest BCUT2D eigenvalue weighted by Crippen LogP contribution is -2.41. The number of anilines is 1. The highest BCUT2D eigenvalue weighted by Crippen LogP contribution is 2.20. The zero-order valence-corrected chi connectivity index (χ0v) is 18.8. The van der Waals surface area contributed by atoms with Crippen LogP contribution in [0, 0.1) is 0 Å². The zero-order valence-electron chi connectivity index (χ0n) is 17.3. The number of hydrogen-bond acceptors (Lipinski definition) is 7. The summed E-state index contributed by atoms with van der Waals surface area (Å²) >= 11 is 12.0. The molecule has 3 rings (SSSR count). The number of morpholine rings is 1. The maximum atomic E-state index is 12.4. The molecule has 32 heavy (non-hydrogen) atoms. The first-order chi connectivity index (χ1) is 15.5. The van der Waals surface area contributed by atoms with Crippen molar-refractivity contribution in [2.75, 3.05) is 51.3 Å². The van der Waals surface area contributed by atoms with E-state index in [0.717, 1.165) is 32.8 Å². The number of hydrazone groups is 1. The number of ether oxygens (including phenoxy) is 1. The fourth-order valence-corrected chi connectivity index (χ4v) is 3.42. The molecule has 0 spiro atoms. The number of rotatable bonds is 9. The largest absolute Gasteiger partial charge is 0.379 e. The third-order valence-corrected chi connectivity index (χ3v) is 5.27. The Kier molecular flexibility index (Phi) is 9.24. The molecule has 1 aromatic carbocycles. The van der Waals surface area contributed by atoms with E-state index in [0.29, 0.717) is 33.4 Å². The number of nitrogens with one attached hydrogen (secondary N) is 3. The van der Waals surface area contributed by atoms with E-state index in [1.54, 1.807) is 24.3 Å². The summed E-state index contributed by atoms with van der Waals surface area (Å²) in [5.74, 6) is -0.537. The molecule has 0 radical (unpaired) electrons. The van der Waals surface area contributed by atoms with E-state index in [1.807, 2.05) is 0 Å². The Hall–Kier alpha value is -2.72. The van der Waals surface area contributed by atoms with E-state index in [4.69, 9.17) is 27.9 Å². The van der Waals surface area contributed by atoms with Crippen LogP contribution in [0.15, 0.2) is 41.8 Å². The minimum absolute atomic E-state index is 0.0305. The maximum absolute atomic E-state index is 12.4. The second-order valence-corrected chi connectivity index (χ2v) is 7.77. The number of benzene rings is 1. The second-order valence-electron chi connectivity index (χ2n) is 6.95. The SMILES string of the molecule is O=C(CNc1cccc(C(=O)NCCN2CCOCC2)c1)NN=Cc1c(Cl)cncc1Cl. The average Bonchev–Trinajstić information content (AvgIpc) is 2.80. The van der Waals surface area contributed by atoms with Crippen LogP contribution in [0.25, 0.3) is 0 Å². The van der Waals surface area contributed by atoms with E-state index < -0.39 is 0 Å². The van der Waals surface area contributed by atoms with Crippen molar-refractivity contribution in [1.82, 2.24) is 20.6 Å². The van der Waals surface area contributed by atoms with Crippen LogP contribution in [0.4, 0.5) is 5.69 Å². The van der Waals surface area contributed by atoms with Gasteiger partial charge < -0.3 is 15.4 Å². The summed E-state index contributed by atoms with van der Waals surface area (Å²) in [5.41, 5.74) is 4.01. The first kappa shape index (κ1) is 23.9. The van der Waals surface area contributed by atoms with Gasteiger partial charge in [0.15, 0.2) is 0 Å². The molecular formula is C21H24Cl2N6O3. The molecule has 1 aliphatic rings. The molecule has 11 heteroatoms. The summed E-state index contributed by atoms with van der Waals surface area (Å²) in [7, 11) is 0. The lowest BCUT2D eigenvalue weighted by molar-refractivity contribution is -0.119. The van der Waals surface area contributed by atoms with Gasteiger partial charge in [0.05, 0.1) is 36.0 Å². The van der Waals surface area contributed by atoms with Crippen LogP contribution >= 0.6 is 23.2 Å². The van der Waals surface area contributed by atoms with Crippen molar-refractivity contribution in [2.24, 2.45) is 5.10 Å². The molecule has 2 aromatic rings. The quantitative estimate of drug-likeness (QED) is 0.375. The number of carbonyl (C=O) groups excluding carboxylic acids is 2. The van der Waals surface area contributed by atoms with Crippen molar-refractivity contribution in [2.45, 2.75) is 0 Å². The van der Waals surface area contributed by atoms with Crippen molar-refractivity contribution < 1.29 is 14.3 Å². The standard InChI is InChI=1S/C21H24Cl2N6O3/c22-18-12-24-13-19(23)17(18)11-27-28-20(30)14-26-16-3-1-2-15(10-16)21(31)25-4-5-29-6-8-32-9-7-29/h1-3,10-13,26H,4-9,14H2,(H,25,31)(H,28,30). The van der Waals surface area contributed by atoms with E-state index >= 15 is 0 Å². The van der Waals surface area contributed by atoms with Crippen LogP contribution in [-0.2, 0) is 9.53 Å². The minimum Gasteiger partial charge on any atom is -0.379 e. The molecule has 0 unspecified atom stereocenters. The predicted octanol–water partition coefficient (Wildman–Crippen LogP) is 2.01. The molecule has 1 fully saturated rings. The van der Waals surface area contributed by atoms with Crippen molar-refractivity contribution in [3.63, 3.8) is 0 Å². The van der Waals surface area contributed by atoms with Crippen LogP contribution in [0.1, 0.15) is 15.9 Å². The number of carbonyl (C=O) groups is 2. The molecule has 0 atom stereocenters. The minimum atomic E-state index is -0.372. The summed E-state index contributed by atoms with van der Waals surface area (Å²) in [6.45, 7) is 4.52. The van der Waals surface area contributed by atoms with E-state index in [2.05, 4.69) is 31.0 Å². The molecule has 2 amide bonds. The van der Waals surface area contributed by atoms with Crippen molar-refractivity contribution in [3.05, 3.63) is 57.8 Å². The van der Waals surface area contributed by atoms with Crippen molar-refractivity contribution >= 4 is 46.9 Å². The van der Waals surface area contributed by atoms with Gasteiger partial charge in [-0.2, -0.15) is 5.10 Å². The molecule has 1 aromatic heterocycles. The number of nitrogens with zero attached hydrogens (tertiary/aromatic N) is 3. The Morgan fingerprint density at radius 1 is 1.19 bits per heavy atom.